The van der Waals surface area contributed by atoms with Gasteiger partial charge < -0.3 is 14.7 Å². The van der Waals surface area contributed by atoms with Crippen molar-refractivity contribution in [2.75, 3.05) is 13.1 Å². The van der Waals surface area contributed by atoms with Crippen LogP contribution in [-0.4, -0.2) is 47.2 Å². The standard InChI is InChI=1S/C16H27NO4/c1-5-6-16(15(19)20)7-8-17(9-16)14(18)13-10(2)11(3)21-12(13)4/h10-13H,5-9H2,1-4H3,(H,19,20). The largest absolute Gasteiger partial charge is 0.481 e. The predicted molar refractivity (Wildman–Crippen MR) is 78.8 cm³/mol. The number of rotatable bonds is 4. The monoisotopic (exact) mass is 297 g/mol. The molecule has 0 aromatic carbocycles. The maximum atomic E-state index is 12.8. The van der Waals surface area contributed by atoms with E-state index in [0.29, 0.717) is 25.9 Å². The van der Waals surface area contributed by atoms with Crippen LogP contribution in [0.4, 0.5) is 0 Å². The van der Waals surface area contributed by atoms with Gasteiger partial charge in [-0.2, -0.15) is 0 Å². The number of amides is 1. The Bertz CT molecular complexity index is 425. The molecule has 0 aliphatic carbocycles. The number of carboxylic acid groups (broad SMARTS) is 1. The van der Waals surface area contributed by atoms with Gasteiger partial charge in [-0.25, -0.2) is 0 Å². The van der Waals surface area contributed by atoms with E-state index in [0.717, 1.165) is 6.42 Å². The Morgan fingerprint density at radius 1 is 1.29 bits per heavy atom. The van der Waals surface area contributed by atoms with Gasteiger partial charge in [0.15, 0.2) is 0 Å². The normalized spacial score (nSPS) is 39.7. The van der Waals surface area contributed by atoms with Crippen LogP contribution in [0, 0.1) is 17.3 Å². The molecule has 120 valence electrons. The third kappa shape index (κ3) is 2.80. The average Bonchev–Trinajstić information content (AvgIpc) is 2.94. The number of carbonyl (C=O) groups is 2. The molecule has 2 saturated heterocycles. The lowest BCUT2D eigenvalue weighted by atomic mass is 9.82. The summed E-state index contributed by atoms with van der Waals surface area (Å²) in [6, 6.07) is 0. The molecule has 1 amide bonds. The summed E-state index contributed by atoms with van der Waals surface area (Å²) in [4.78, 5) is 26.2. The van der Waals surface area contributed by atoms with Gasteiger partial charge in [0.2, 0.25) is 5.91 Å². The summed E-state index contributed by atoms with van der Waals surface area (Å²) in [5.41, 5.74) is -0.748. The maximum absolute atomic E-state index is 12.8. The minimum Gasteiger partial charge on any atom is -0.481 e. The van der Waals surface area contributed by atoms with Crippen LogP contribution in [0.3, 0.4) is 0 Å². The summed E-state index contributed by atoms with van der Waals surface area (Å²) in [5.74, 6) is -0.667. The molecule has 1 N–H and O–H groups in total. The second-order valence-electron chi connectivity index (χ2n) is 6.78. The van der Waals surface area contributed by atoms with Gasteiger partial charge in [0.25, 0.3) is 0 Å². The van der Waals surface area contributed by atoms with Crippen molar-refractivity contribution < 1.29 is 19.4 Å². The average molecular weight is 297 g/mol. The molecular formula is C16H27NO4. The molecule has 0 aromatic rings. The number of hydrogen-bond donors (Lipinski definition) is 1. The Kier molecular flexibility index (Phi) is 4.61. The summed E-state index contributed by atoms with van der Waals surface area (Å²) in [5, 5.41) is 9.54. The van der Waals surface area contributed by atoms with Crippen molar-refractivity contribution in [1.82, 2.24) is 4.90 Å². The number of carboxylic acids is 1. The molecule has 2 aliphatic rings. The first-order chi connectivity index (χ1) is 9.82. The molecule has 5 unspecified atom stereocenters. The number of carbonyl (C=O) groups excluding carboxylic acids is 1. The Balaban J connectivity index is 2.10. The fourth-order valence-corrected chi connectivity index (χ4v) is 3.93. The molecule has 5 nitrogen and oxygen atoms in total. The lowest BCUT2D eigenvalue weighted by molar-refractivity contribution is -0.149. The van der Waals surface area contributed by atoms with E-state index in [1.807, 2.05) is 27.7 Å². The van der Waals surface area contributed by atoms with E-state index in [4.69, 9.17) is 4.74 Å². The molecule has 0 saturated carbocycles. The maximum Gasteiger partial charge on any atom is 0.311 e. The van der Waals surface area contributed by atoms with Crippen molar-refractivity contribution in [2.24, 2.45) is 17.3 Å². The number of nitrogens with zero attached hydrogens (tertiary/aromatic N) is 1. The third-order valence-electron chi connectivity index (χ3n) is 5.37. The first kappa shape index (κ1) is 16.3. The molecular weight excluding hydrogens is 270 g/mol. The highest BCUT2D eigenvalue weighted by Crippen LogP contribution is 2.39. The highest BCUT2D eigenvalue weighted by Gasteiger charge is 2.49. The van der Waals surface area contributed by atoms with Gasteiger partial charge >= 0.3 is 5.97 Å². The number of likely N-dealkylation sites (tertiary alicyclic amines) is 1. The van der Waals surface area contributed by atoms with E-state index in [1.165, 1.54) is 0 Å². The second kappa shape index (κ2) is 5.95. The Labute approximate surface area is 126 Å². The first-order valence-corrected chi connectivity index (χ1v) is 8.00. The lowest BCUT2D eigenvalue weighted by Crippen LogP contribution is -2.42. The van der Waals surface area contributed by atoms with Crippen molar-refractivity contribution in [3.8, 4) is 0 Å². The highest BCUT2D eigenvalue weighted by atomic mass is 16.5. The molecule has 21 heavy (non-hydrogen) atoms. The molecule has 0 radical (unpaired) electrons. The van der Waals surface area contributed by atoms with Crippen LogP contribution in [0.2, 0.25) is 0 Å². The van der Waals surface area contributed by atoms with Gasteiger partial charge in [0, 0.05) is 13.1 Å². The van der Waals surface area contributed by atoms with Crippen molar-refractivity contribution in [2.45, 2.75) is 59.2 Å². The van der Waals surface area contributed by atoms with Crippen LogP contribution < -0.4 is 0 Å². The smallest absolute Gasteiger partial charge is 0.311 e. The zero-order chi connectivity index (χ0) is 15.8. The van der Waals surface area contributed by atoms with Gasteiger partial charge in [-0.3, -0.25) is 9.59 Å². The van der Waals surface area contributed by atoms with Gasteiger partial charge in [-0.1, -0.05) is 20.3 Å². The Morgan fingerprint density at radius 3 is 2.43 bits per heavy atom. The van der Waals surface area contributed by atoms with Gasteiger partial charge in [-0.05, 0) is 32.6 Å². The lowest BCUT2D eigenvalue weighted by Gasteiger charge is -2.27. The van der Waals surface area contributed by atoms with Gasteiger partial charge in [0.05, 0.1) is 23.5 Å². The number of ether oxygens (including phenoxy) is 1. The zero-order valence-electron chi connectivity index (χ0n) is 13.5. The summed E-state index contributed by atoms with van der Waals surface area (Å²) < 4.78 is 5.75. The van der Waals surface area contributed by atoms with E-state index < -0.39 is 11.4 Å². The fraction of sp³-hybridized carbons (Fsp3) is 0.875. The van der Waals surface area contributed by atoms with Crippen molar-refractivity contribution in [1.29, 1.82) is 0 Å². The summed E-state index contributed by atoms with van der Waals surface area (Å²) in [7, 11) is 0. The molecule has 2 rings (SSSR count). The third-order valence-corrected chi connectivity index (χ3v) is 5.37. The van der Waals surface area contributed by atoms with Crippen LogP contribution in [0.15, 0.2) is 0 Å². The van der Waals surface area contributed by atoms with Crippen LogP contribution in [0.5, 0.6) is 0 Å². The molecule has 2 heterocycles. The zero-order valence-corrected chi connectivity index (χ0v) is 13.5. The fourth-order valence-electron chi connectivity index (χ4n) is 3.93. The molecule has 0 aromatic heterocycles. The van der Waals surface area contributed by atoms with Crippen molar-refractivity contribution in [3.05, 3.63) is 0 Å². The summed E-state index contributed by atoms with van der Waals surface area (Å²) in [6.07, 6.45) is 2.01. The van der Waals surface area contributed by atoms with E-state index >= 15 is 0 Å². The number of hydrogen-bond acceptors (Lipinski definition) is 3. The topological polar surface area (TPSA) is 66.8 Å². The van der Waals surface area contributed by atoms with E-state index in [-0.39, 0.29) is 30.0 Å². The molecule has 0 spiro atoms. The Hall–Kier alpha value is -1.10. The van der Waals surface area contributed by atoms with Crippen LogP contribution in [-0.2, 0) is 14.3 Å². The number of aliphatic carboxylic acids is 1. The first-order valence-electron chi connectivity index (χ1n) is 8.00. The van der Waals surface area contributed by atoms with Crippen LogP contribution in [0.25, 0.3) is 0 Å². The molecule has 0 bridgehead atoms. The molecule has 5 atom stereocenters. The quantitative estimate of drug-likeness (QED) is 0.863. The molecule has 2 fully saturated rings. The SMILES string of the molecule is CCCC1(C(=O)O)CCN(C(=O)C2C(C)OC(C)C2C)C1. The molecule has 5 heteroatoms. The highest BCUT2D eigenvalue weighted by molar-refractivity contribution is 5.83. The van der Waals surface area contributed by atoms with Crippen molar-refractivity contribution in [3.63, 3.8) is 0 Å². The summed E-state index contributed by atoms with van der Waals surface area (Å²) in [6.45, 7) is 8.87. The van der Waals surface area contributed by atoms with Crippen LogP contribution >= 0.6 is 0 Å². The van der Waals surface area contributed by atoms with Gasteiger partial charge in [0.1, 0.15) is 0 Å². The predicted octanol–water partition coefficient (Wildman–Crippen LogP) is 2.15. The molecule has 2 aliphatic heterocycles. The van der Waals surface area contributed by atoms with E-state index in [2.05, 4.69) is 0 Å². The van der Waals surface area contributed by atoms with E-state index in [9.17, 15) is 14.7 Å². The second-order valence-corrected chi connectivity index (χ2v) is 6.78. The summed E-state index contributed by atoms with van der Waals surface area (Å²) >= 11 is 0. The minimum atomic E-state index is -0.767. The van der Waals surface area contributed by atoms with Crippen molar-refractivity contribution >= 4 is 11.9 Å². The minimum absolute atomic E-state index is 0.0681. The van der Waals surface area contributed by atoms with Crippen LogP contribution in [0.1, 0.15) is 47.0 Å². The van der Waals surface area contributed by atoms with E-state index in [1.54, 1.807) is 4.90 Å². The Morgan fingerprint density at radius 2 is 1.95 bits per heavy atom. The van der Waals surface area contributed by atoms with Gasteiger partial charge in [-0.15, -0.1) is 0 Å².